The molecule has 5 heteroatoms. The van der Waals surface area contributed by atoms with Crippen molar-refractivity contribution in [2.75, 3.05) is 0 Å². The molecule has 0 fully saturated rings. The lowest BCUT2D eigenvalue weighted by atomic mass is 10.4. The summed E-state index contributed by atoms with van der Waals surface area (Å²) >= 11 is 1.48. The summed E-state index contributed by atoms with van der Waals surface area (Å²) < 4.78 is 0. The molecule has 0 aliphatic heterocycles. The summed E-state index contributed by atoms with van der Waals surface area (Å²) in [6.07, 6.45) is 2.92. The van der Waals surface area contributed by atoms with Crippen LogP contribution < -0.4 is 5.73 Å². The third kappa shape index (κ3) is 2.58. The summed E-state index contributed by atoms with van der Waals surface area (Å²) in [7, 11) is 0. The van der Waals surface area contributed by atoms with Gasteiger partial charge in [0, 0.05) is 4.90 Å². The molecular formula is C11H9N3OS. The summed E-state index contributed by atoms with van der Waals surface area (Å²) in [5.74, 6) is -0.566. The van der Waals surface area contributed by atoms with E-state index in [2.05, 4.69) is 9.97 Å². The van der Waals surface area contributed by atoms with Gasteiger partial charge >= 0.3 is 0 Å². The molecule has 0 aliphatic rings. The Morgan fingerprint density at radius 3 is 2.44 bits per heavy atom. The molecule has 1 aromatic heterocycles. The van der Waals surface area contributed by atoms with E-state index in [4.69, 9.17) is 5.73 Å². The van der Waals surface area contributed by atoms with Crippen molar-refractivity contribution in [1.82, 2.24) is 9.97 Å². The molecule has 4 nitrogen and oxygen atoms in total. The predicted molar refractivity (Wildman–Crippen MR) is 61.1 cm³/mol. The van der Waals surface area contributed by atoms with Crippen molar-refractivity contribution in [3.8, 4) is 0 Å². The van der Waals surface area contributed by atoms with E-state index in [1.54, 1.807) is 0 Å². The van der Waals surface area contributed by atoms with Gasteiger partial charge in [0.1, 0.15) is 10.7 Å². The lowest BCUT2D eigenvalue weighted by molar-refractivity contribution is 0.0995. The highest BCUT2D eigenvalue weighted by molar-refractivity contribution is 7.99. The standard InChI is InChI=1S/C11H9N3OS/c12-11(15)9-6-14-10(7-13-9)16-8-4-2-1-3-5-8/h1-7H,(H2,12,15). The molecule has 1 aromatic carbocycles. The molecule has 0 unspecified atom stereocenters. The van der Waals surface area contributed by atoms with Gasteiger partial charge in [-0.15, -0.1) is 0 Å². The molecule has 0 spiro atoms. The first kappa shape index (κ1) is 10.6. The van der Waals surface area contributed by atoms with Gasteiger partial charge < -0.3 is 5.73 Å². The van der Waals surface area contributed by atoms with Crippen LogP contribution in [-0.4, -0.2) is 15.9 Å². The lowest BCUT2D eigenvalue weighted by Gasteiger charge is -2.00. The number of amides is 1. The van der Waals surface area contributed by atoms with Crippen LogP contribution in [0.2, 0.25) is 0 Å². The molecule has 16 heavy (non-hydrogen) atoms. The normalized spacial score (nSPS) is 10.0. The van der Waals surface area contributed by atoms with Crippen molar-refractivity contribution in [2.24, 2.45) is 5.73 Å². The molecule has 0 saturated carbocycles. The second-order valence-electron chi connectivity index (χ2n) is 3.02. The Bertz CT molecular complexity index is 484. The van der Waals surface area contributed by atoms with E-state index < -0.39 is 5.91 Å². The SMILES string of the molecule is NC(=O)c1cnc(Sc2ccccc2)cn1. The molecule has 2 N–H and O–H groups in total. The van der Waals surface area contributed by atoms with E-state index in [-0.39, 0.29) is 5.69 Å². The Kier molecular flexibility index (Phi) is 3.16. The fraction of sp³-hybridized carbons (Fsp3) is 0. The van der Waals surface area contributed by atoms with Crippen LogP contribution in [0.25, 0.3) is 0 Å². The average Bonchev–Trinajstić information content (AvgIpc) is 2.31. The number of aromatic nitrogens is 2. The molecule has 0 atom stereocenters. The van der Waals surface area contributed by atoms with E-state index in [1.165, 1.54) is 24.2 Å². The molecule has 0 saturated heterocycles. The largest absolute Gasteiger partial charge is 0.364 e. The minimum Gasteiger partial charge on any atom is -0.364 e. The van der Waals surface area contributed by atoms with Crippen molar-refractivity contribution in [3.05, 3.63) is 48.4 Å². The van der Waals surface area contributed by atoms with Gasteiger partial charge in [0.25, 0.3) is 5.91 Å². The Morgan fingerprint density at radius 1 is 1.12 bits per heavy atom. The lowest BCUT2D eigenvalue weighted by Crippen LogP contribution is -2.13. The number of rotatable bonds is 3. The van der Waals surface area contributed by atoms with Crippen molar-refractivity contribution in [2.45, 2.75) is 9.92 Å². The number of benzene rings is 1. The zero-order chi connectivity index (χ0) is 11.4. The van der Waals surface area contributed by atoms with E-state index in [1.807, 2.05) is 30.3 Å². The molecule has 0 bridgehead atoms. The van der Waals surface area contributed by atoms with E-state index >= 15 is 0 Å². The summed E-state index contributed by atoms with van der Waals surface area (Å²) in [6, 6.07) is 9.82. The van der Waals surface area contributed by atoms with Crippen LogP contribution in [0.5, 0.6) is 0 Å². The van der Waals surface area contributed by atoms with Gasteiger partial charge in [-0.2, -0.15) is 0 Å². The van der Waals surface area contributed by atoms with Crippen LogP contribution in [0.15, 0.2) is 52.6 Å². The first-order valence-corrected chi connectivity index (χ1v) is 5.42. The molecule has 0 aliphatic carbocycles. The maximum atomic E-state index is 10.8. The van der Waals surface area contributed by atoms with Gasteiger partial charge in [0.05, 0.1) is 12.4 Å². The van der Waals surface area contributed by atoms with Gasteiger partial charge in [-0.1, -0.05) is 30.0 Å². The Morgan fingerprint density at radius 2 is 1.88 bits per heavy atom. The molecule has 1 heterocycles. The van der Waals surface area contributed by atoms with Crippen molar-refractivity contribution in [1.29, 1.82) is 0 Å². The Balaban J connectivity index is 2.14. The van der Waals surface area contributed by atoms with Gasteiger partial charge in [-0.05, 0) is 12.1 Å². The van der Waals surface area contributed by atoms with Gasteiger partial charge in [-0.25, -0.2) is 9.97 Å². The van der Waals surface area contributed by atoms with Crippen LogP contribution in [0.4, 0.5) is 0 Å². The van der Waals surface area contributed by atoms with Crippen LogP contribution in [0.3, 0.4) is 0 Å². The molecular weight excluding hydrogens is 222 g/mol. The minimum atomic E-state index is -0.566. The van der Waals surface area contributed by atoms with Crippen molar-refractivity contribution >= 4 is 17.7 Å². The number of nitrogens with zero attached hydrogens (tertiary/aromatic N) is 2. The number of carbonyl (C=O) groups excluding carboxylic acids is 1. The van der Waals surface area contributed by atoms with Crippen LogP contribution >= 0.6 is 11.8 Å². The number of hydrogen-bond donors (Lipinski definition) is 1. The molecule has 2 aromatic rings. The third-order valence-electron chi connectivity index (χ3n) is 1.85. The van der Waals surface area contributed by atoms with E-state index in [0.717, 1.165) is 9.92 Å². The van der Waals surface area contributed by atoms with Crippen LogP contribution in [-0.2, 0) is 0 Å². The molecule has 2 rings (SSSR count). The summed E-state index contributed by atoms with van der Waals surface area (Å²) in [4.78, 5) is 19.9. The van der Waals surface area contributed by atoms with Gasteiger partial charge in [0.2, 0.25) is 0 Å². The smallest absolute Gasteiger partial charge is 0.268 e. The topological polar surface area (TPSA) is 68.9 Å². The number of hydrogen-bond acceptors (Lipinski definition) is 4. The number of nitrogens with two attached hydrogens (primary N) is 1. The molecule has 1 amide bonds. The third-order valence-corrected chi connectivity index (χ3v) is 2.77. The van der Waals surface area contributed by atoms with Crippen molar-refractivity contribution in [3.63, 3.8) is 0 Å². The number of primary amides is 1. The van der Waals surface area contributed by atoms with E-state index in [9.17, 15) is 4.79 Å². The van der Waals surface area contributed by atoms with Crippen molar-refractivity contribution < 1.29 is 4.79 Å². The Hall–Kier alpha value is -1.88. The minimum absolute atomic E-state index is 0.178. The summed E-state index contributed by atoms with van der Waals surface area (Å²) in [6.45, 7) is 0. The zero-order valence-electron chi connectivity index (χ0n) is 8.33. The quantitative estimate of drug-likeness (QED) is 0.873. The Labute approximate surface area is 96.9 Å². The fourth-order valence-electron chi connectivity index (χ4n) is 1.11. The maximum Gasteiger partial charge on any atom is 0.268 e. The van der Waals surface area contributed by atoms with Crippen LogP contribution in [0.1, 0.15) is 10.5 Å². The highest BCUT2D eigenvalue weighted by Gasteiger charge is 2.03. The van der Waals surface area contributed by atoms with Crippen LogP contribution in [0, 0.1) is 0 Å². The predicted octanol–water partition coefficient (Wildman–Crippen LogP) is 1.73. The maximum absolute atomic E-state index is 10.8. The first-order valence-electron chi connectivity index (χ1n) is 4.60. The van der Waals surface area contributed by atoms with E-state index in [0.29, 0.717) is 0 Å². The van der Waals surface area contributed by atoms with Gasteiger partial charge in [-0.3, -0.25) is 4.79 Å². The first-order chi connectivity index (χ1) is 7.75. The molecule has 80 valence electrons. The average molecular weight is 231 g/mol. The second-order valence-corrected chi connectivity index (χ2v) is 4.11. The highest BCUT2D eigenvalue weighted by Crippen LogP contribution is 2.24. The zero-order valence-corrected chi connectivity index (χ0v) is 9.15. The highest BCUT2D eigenvalue weighted by atomic mass is 32.2. The monoisotopic (exact) mass is 231 g/mol. The second kappa shape index (κ2) is 4.76. The van der Waals surface area contributed by atoms with Gasteiger partial charge in [0.15, 0.2) is 0 Å². The molecule has 0 radical (unpaired) electrons. The summed E-state index contributed by atoms with van der Waals surface area (Å²) in [5.41, 5.74) is 5.25. The fourth-order valence-corrected chi connectivity index (χ4v) is 1.85. The summed E-state index contributed by atoms with van der Waals surface area (Å²) in [5, 5.41) is 0.733. The number of carbonyl (C=O) groups is 1.